The van der Waals surface area contributed by atoms with Gasteiger partial charge in [0.05, 0.1) is 13.2 Å². The van der Waals surface area contributed by atoms with Gasteiger partial charge in [-0.1, -0.05) is 6.07 Å². The molecular weight excluding hydrogens is 246 g/mol. The van der Waals surface area contributed by atoms with E-state index in [1.165, 1.54) is 6.92 Å². The molecule has 0 radical (unpaired) electrons. The van der Waals surface area contributed by atoms with E-state index in [2.05, 4.69) is 4.99 Å². The lowest BCUT2D eigenvalue weighted by atomic mass is 10.1. The number of rotatable bonds is 2. The van der Waals surface area contributed by atoms with E-state index >= 15 is 0 Å². The number of hydrogen-bond acceptors (Lipinski definition) is 5. The van der Waals surface area contributed by atoms with E-state index < -0.39 is 0 Å². The van der Waals surface area contributed by atoms with Crippen LogP contribution in [0.5, 0.6) is 5.75 Å². The summed E-state index contributed by atoms with van der Waals surface area (Å²) < 4.78 is 16.3. The largest absolute Gasteiger partial charge is 0.469 e. The van der Waals surface area contributed by atoms with Crippen LogP contribution in [0, 0.1) is 6.92 Å². The molecule has 1 aromatic carbocycles. The van der Waals surface area contributed by atoms with Crippen molar-refractivity contribution in [3.05, 3.63) is 29.3 Å². The first-order valence-electron chi connectivity index (χ1n) is 6.26. The van der Waals surface area contributed by atoms with E-state index in [1.54, 1.807) is 6.07 Å². The van der Waals surface area contributed by atoms with E-state index in [-0.39, 0.29) is 18.1 Å². The van der Waals surface area contributed by atoms with Gasteiger partial charge in [0, 0.05) is 18.1 Å². The highest BCUT2D eigenvalue weighted by Crippen LogP contribution is 2.28. The molecule has 2 heterocycles. The Hall–Kier alpha value is -1.88. The Balaban J connectivity index is 1.91. The van der Waals surface area contributed by atoms with Crippen LogP contribution in [0.2, 0.25) is 0 Å². The predicted octanol–water partition coefficient (Wildman–Crippen LogP) is 1.46. The Morgan fingerprint density at radius 3 is 3.00 bits per heavy atom. The lowest BCUT2D eigenvalue weighted by Crippen LogP contribution is -2.20. The molecule has 0 aromatic heterocycles. The molecule has 2 aliphatic rings. The molecule has 2 unspecified atom stereocenters. The Morgan fingerprint density at radius 1 is 1.42 bits per heavy atom. The van der Waals surface area contributed by atoms with Crippen molar-refractivity contribution in [1.29, 1.82) is 0 Å². The van der Waals surface area contributed by atoms with E-state index in [9.17, 15) is 4.79 Å². The maximum Gasteiger partial charge on any atom is 0.308 e. The van der Waals surface area contributed by atoms with E-state index in [0.717, 1.165) is 11.1 Å². The number of hydrogen-bond donors (Lipinski definition) is 0. The van der Waals surface area contributed by atoms with Gasteiger partial charge in [0.15, 0.2) is 0 Å². The first-order chi connectivity index (χ1) is 9.15. The van der Waals surface area contributed by atoms with Crippen molar-refractivity contribution in [3.8, 4) is 5.75 Å². The van der Waals surface area contributed by atoms with Crippen molar-refractivity contribution in [3.63, 3.8) is 0 Å². The Kier molecular flexibility index (Phi) is 2.98. The van der Waals surface area contributed by atoms with Gasteiger partial charge in [-0.3, -0.25) is 4.79 Å². The maximum absolute atomic E-state index is 11.1. The fourth-order valence-corrected chi connectivity index (χ4v) is 2.33. The van der Waals surface area contributed by atoms with Gasteiger partial charge in [-0.05, 0) is 19.1 Å². The molecule has 2 atom stereocenters. The summed E-state index contributed by atoms with van der Waals surface area (Å²) in [5, 5.41) is 0. The third kappa shape index (κ3) is 2.21. The number of benzene rings is 1. The van der Waals surface area contributed by atoms with E-state index in [0.29, 0.717) is 24.9 Å². The molecule has 0 bridgehead atoms. The summed E-state index contributed by atoms with van der Waals surface area (Å²) in [7, 11) is 0. The van der Waals surface area contributed by atoms with Crippen molar-refractivity contribution in [2.24, 2.45) is 4.99 Å². The number of nitrogens with zero attached hydrogens (tertiary/aromatic N) is 1. The van der Waals surface area contributed by atoms with Crippen LogP contribution in [0.4, 0.5) is 0 Å². The van der Waals surface area contributed by atoms with Gasteiger partial charge < -0.3 is 14.2 Å². The minimum atomic E-state index is -0.334. The molecule has 1 aromatic rings. The smallest absolute Gasteiger partial charge is 0.308 e. The first kappa shape index (κ1) is 12.2. The zero-order chi connectivity index (χ0) is 13.4. The topological polar surface area (TPSA) is 57.1 Å². The number of ether oxygens (including phenoxy) is 3. The normalized spacial score (nSPS) is 24.6. The minimum Gasteiger partial charge on any atom is -0.469 e. The molecule has 5 nitrogen and oxygen atoms in total. The van der Waals surface area contributed by atoms with Crippen molar-refractivity contribution in [2.75, 3.05) is 13.2 Å². The molecule has 19 heavy (non-hydrogen) atoms. The SMILES string of the molecule is CC(=O)Oc1cccc(C2=NC3COCC3O2)c1C. The average Bonchev–Trinajstić information content (AvgIpc) is 2.91. The van der Waals surface area contributed by atoms with Crippen molar-refractivity contribution in [2.45, 2.75) is 26.0 Å². The van der Waals surface area contributed by atoms with Gasteiger partial charge in [-0.2, -0.15) is 0 Å². The minimum absolute atomic E-state index is 0.0202. The Bertz CT molecular complexity index is 552. The molecule has 0 saturated carbocycles. The van der Waals surface area contributed by atoms with Gasteiger partial charge >= 0.3 is 5.97 Å². The molecule has 0 N–H and O–H groups in total. The summed E-state index contributed by atoms with van der Waals surface area (Å²) in [5.74, 6) is 0.828. The molecule has 0 amide bonds. The van der Waals surface area contributed by atoms with Crippen LogP contribution < -0.4 is 4.74 Å². The summed E-state index contributed by atoms with van der Waals surface area (Å²) in [6.45, 7) is 4.47. The summed E-state index contributed by atoms with van der Waals surface area (Å²) in [6.07, 6.45) is 0.0202. The molecule has 2 aliphatic heterocycles. The Morgan fingerprint density at radius 2 is 2.26 bits per heavy atom. The third-order valence-electron chi connectivity index (χ3n) is 3.31. The van der Waals surface area contributed by atoms with Crippen molar-refractivity contribution in [1.82, 2.24) is 0 Å². The quantitative estimate of drug-likeness (QED) is 0.597. The van der Waals surface area contributed by atoms with Gasteiger partial charge in [0.25, 0.3) is 0 Å². The second-order valence-electron chi connectivity index (χ2n) is 4.72. The third-order valence-corrected chi connectivity index (χ3v) is 3.31. The summed E-state index contributed by atoms with van der Waals surface area (Å²) in [4.78, 5) is 15.6. The molecular formula is C14H15NO4. The summed E-state index contributed by atoms with van der Waals surface area (Å²) in [5.41, 5.74) is 1.73. The molecule has 1 fully saturated rings. The summed E-state index contributed by atoms with van der Waals surface area (Å²) in [6, 6.07) is 5.60. The number of carbonyl (C=O) groups excluding carboxylic acids is 1. The van der Waals surface area contributed by atoms with Gasteiger partial charge in [0.1, 0.15) is 17.9 Å². The monoisotopic (exact) mass is 261 g/mol. The highest BCUT2D eigenvalue weighted by atomic mass is 16.6. The Labute approximate surface area is 111 Å². The van der Waals surface area contributed by atoms with Crippen molar-refractivity contribution < 1.29 is 19.0 Å². The molecule has 1 saturated heterocycles. The molecule has 5 heteroatoms. The van der Waals surface area contributed by atoms with E-state index in [1.807, 2.05) is 19.1 Å². The maximum atomic E-state index is 11.1. The van der Waals surface area contributed by atoms with E-state index in [4.69, 9.17) is 14.2 Å². The van der Waals surface area contributed by atoms with Crippen LogP contribution in [0.3, 0.4) is 0 Å². The second kappa shape index (κ2) is 4.66. The van der Waals surface area contributed by atoms with Crippen molar-refractivity contribution >= 4 is 11.9 Å². The molecule has 0 aliphatic carbocycles. The highest BCUT2D eigenvalue weighted by molar-refractivity contribution is 5.97. The number of esters is 1. The fraction of sp³-hybridized carbons (Fsp3) is 0.429. The van der Waals surface area contributed by atoms with Gasteiger partial charge in [-0.15, -0.1) is 0 Å². The van der Waals surface area contributed by atoms with Crippen LogP contribution in [-0.2, 0) is 14.3 Å². The first-order valence-corrected chi connectivity index (χ1v) is 6.26. The lowest BCUT2D eigenvalue weighted by Gasteiger charge is -2.12. The van der Waals surface area contributed by atoms with Crippen LogP contribution in [0.1, 0.15) is 18.1 Å². The second-order valence-corrected chi connectivity index (χ2v) is 4.72. The van der Waals surface area contributed by atoms with Crippen LogP contribution in [0.15, 0.2) is 23.2 Å². The number of aliphatic imine (C=N–C) groups is 1. The van der Waals surface area contributed by atoms with Gasteiger partial charge in [-0.25, -0.2) is 4.99 Å². The fourth-order valence-electron chi connectivity index (χ4n) is 2.33. The highest BCUT2D eigenvalue weighted by Gasteiger charge is 2.37. The van der Waals surface area contributed by atoms with Crippen LogP contribution in [-0.4, -0.2) is 37.2 Å². The zero-order valence-corrected chi connectivity index (χ0v) is 10.9. The standard InChI is InChI=1S/C14H15NO4/c1-8-10(4-3-5-12(8)18-9(2)16)14-15-11-6-17-7-13(11)19-14/h3-5,11,13H,6-7H2,1-2H3. The molecule has 100 valence electrons. The molecule has 0 spiro atoms. The number of carbonyl (C=O) groups is 1. The molecule has 3 rings (SSSR count). The zero-order valence-electron chi connectivity index (χ0n) is 10.9. The lowest BCUT2D eigenvalue weighted by molar-refractivity contribution is -0.131. The number of fused-ring (bicyclic) bond motifs is 1. The predicted molar refractivity (Wildman–Crippen MR) is 68.5 cm³/mol. The van der Waals surface area contributed by atoms with Crippen LogP contribution in [0.25, 0.3) is 0 Å². The van der Waals surface area contributed by atoms with Crippen LogP contribution >= 0.6 is 0 Å². The van der Waals surface area contributed by atoms with Gasteiger partial charge in [0.2, 0.25) is 5.90 Å². The average molecular weight is 261 g/mol. The summed E-state index contributed by atoms with van der Waals surface area (Å²) >= 11 is 0.